The van der Waals surface area contributed by atoms with Gasteiger partial charge >= 0.3 is 0 Å². The average Bonchev–Trinajstić information content (AvgIpc) is 3.43. The molecule has 0 aliphatic carbocycles. The highest BCUT2D eigenvalue weighted by molar-refractivity contribution is 7.78. The van der Waals surface area contributed by atoms with Crippen molar-refractivity contribution in [3.8, 4) is 16.8 Å². The molecule has 1 atom stereocenters. The standard InChI is InChI=1S/C28H19N7OS2/c1-17(34-26-25-27(31-14-30-26)38-16-33-25)23-11-18-6-5-9-22(19-10-20(32-15-37)13-29-12-19)24(18)28(36)35(23)21-7-3-2-4-8-21/h2-14,16-17H,1H3,(H,30,31,34)/t17-/m0/s1. The van der Waals surface area contributed by atoms with E-state index in [9.17, 15) is 4.79 Å². The maximum atomic E-state index is 14.3. The van der Waals surface area contributed by atoms with Gasteiger partial charge in [-0.25, -0.2) is 15.0 Å². The molecular weight excluding hydrogens is 514 g/mol. The van der Waals surface area contributed by atoms with E-state index in [4.69, 9.17) is 12.2 Å². The maximum absolute atomic E-state index is 14.3. The van der Waals surface area contributed by atoms with E-state index in [-0.39, 0.29) is 11.6 Å². The van der Waals surface area contributed by atoms with Gasteiger partial charge in [0.2, 0.25) is 0 Å². The van der Waals surface area contributed by atoms with Crippen LogP contribution in [0.4, 0.5) is 11.5 Å². The van der Waals surface area contributed by atoms with Crippen LogP contribution < -0.4 is 10.9 Å². The lowest BCUT2D eigenvalue weighted by Gasteiger charge is -2.22. The summed E-state index contributed by atoms with van der Waals surface area (Å²) in [6.07, 6.45) is 4.84. The van der Waals surface area contributed by atoms with E-state index in [1.807, 2.05) is 67.6 Å². The molecule has 0 spiro atoms. The van der Waals surface area contributed by atoms with Gasteiger partial charge in [-0.15, -0.1) is 11.3 Å². The van der Waals surface area contributed by atoms with Gasteiger partial charge < -0.3 is 5.32 Å². The lowest BCUT2D eigenvalue weighted by molar-refractivity contribution is 0.774. The van der Waals surface area contributed by atoms with Gasteiger partial charge in [-0.1, -0.05) is 36.4 Å². The monoisotopic (exact) mass is 533 g/mol. The Morgan fingerprint density at radius 2 is 1.92 bits per heavy atom. The first-order chi connectivity index (χ1) is 18.6. The van der Waals surface area contributed by atoms with Crippen LogP contribution in [-0.4, -0.2) is 29.7 Å². The molecule has 10 heteroatoms. The Labute approximate surface area is 226 Å². The average molecular weight is 534 g/mol. The van der Waals surface area contributed by atoms with Crippen LogP contribution in [0.5, 0.6) is 0 Å². The fraction of sp³-hybridized carbons (Fsp3) is 0.0714. The third kappa shape index (κ3) is 4.26. The van der Waals surface area contributed by atoms with Gasteiger partial charge in [0.1, 0.15) is 16.7 Å². The number of aromatic nitrogens is 5. The zero-order chi connectivity index (χ0) is 26.1. The molecule has 0 aliphatic heterocycles. The van der Waals surface area contributed by atoms with Crippen LogP contribution in [0.2, 0.25) is 0 Å². The van der Waals surface area contributed by atoms with Gasteiger partial charge in [-0.2, -0.15) is 4.99 Å². The minimum Gasteiger partial charge on any atom is -0.360 e. The molecule has 2 aromatic carbocycles. The number of thiocarbonyl (C=S) groups is 1. The number of fused-ring (bicyclic) bond motifs is 2. The summed E-state index contributed by atoms with van der Waals surface area (Å²) in [6.45, 7) is 2.00. The molecule has 8 nitrogen and oxygen atoms in total. The quantitative estimate of drug-likeness (QED) is 0.196. The smallest absolute Gasteiger partial charge is 0.263 e. The zero-order valence-electron chi connectivity index (χ0n) is 20.1. The molecule has 0 radical (unpaired) electrons. The molecule has 0 amide bonds. The number of nitrogens with one attached hydrogen (secondary N) is 1. The van der Waals surface area contributed by atoms with Crippen LogP contribution in [0.1, 0.15) is 18.7 Å². The normalized spacial score (nSPS) is 11.8. The van der Waals surface area contributed by atoms with Crippen LogP contribution in [0.15, 0.2) is 94.7 Å². The fourth-order valence-electron chi connectivity index (χ4n) is 4.55. The van der Waals surface area contributed by atoms with Gasteiger partial charge in [-0.3, -0.25) is 14.3 Å². The molecule has 6 rings (SSSR count). The number of benzene rings is 2. The number of pyridine rings is 2. The Hall–Kier alpha value is -4.63. The second-order valence-electron chi connectivity index (χ2n) is 8.54. The summed E-state index contributed by atoms with van der Waals surface area (Å²) in [6, 6.07) is 19.0. The van der Waals surface area contributed by atoms with E-state index in [0.29, 0.717) is 22.4 Å². The summed E-state index contributed by atoms with van der Waals surface area (Å²) in [7, 11) is 0. The second-order valence-corrected chi connectivity index (χ2v) is 9.56. The number of aliphatic imine (C=N–C) groups is 1. The highest BCUT2D eigenvalue weighted by atomic mass is 32.1. The number of isothiocyanates is 1. The number of thiazole rings is 1. The number of rotatable bonds is 6. The lowest BCUT2D eigenvalue weighted by atomic mass is 9.98. The van der Waals surface area contributed by atoms with Crippen molar-refractivity contribution in [1.82, 2.24) is 24.5 Å². The third-order valence-corrected chi connectivity index (χ3v) is 7.06. The topological polar surface area (TPSA) is 98.0 Å². The third-order valence-electron chi connectivity index (χ3n) is 6.23. The van der Waals surface area contributed by atoms with E-state index < -0.39 is 0 Å². The molecule has 1 N–H and O–H groups in total. The van der Waals surface area contributed by atoms with E-state index in [0.717, 1.165) is 32.7 Å². The SMILES string of the molecule is C[C@H](Nc1ncnc2scnc12)c1cc2cccc(-c3cncc(N=C=S)c3)c2c(=O)n1-c1ccccc1. The molecule has 0 unspecified atom stereocenters. The first kappa shape index (κ1) is 23.7. The van der Waals surface area contributed by atoms with Crippen molar-refractivity contribution >= 4 is 61.3 Å². The lowest BCUT2D eigenvalue weighted by Crippen LogP contribution is -2.26. The van der Waals surface area contributed by atoms with E-state index in [1.165, 1.54) is 17.7 Å². The van der Waals surface area contributed by atoms with Crippen LogP contribution in [0, 0.1) is 0 Å². The Bertz CT molecular complexity index is 1910. The van der Waals surface area contributed by atoms with Crippen molar-refractivity contribution in [2.45, 2.75) is 13.0 Å². The molecule has 0 fully saturated rings. The Morgan fingerprint density at radius 1 is 1.05 bits per heavy atom. The van der Waals surface area contributed by atoms with E-state index in [2.05, 4.69) is 35.4 Å². The van der Waals surface area contributed by atoms with E-state index >= 15 is 0 Å². The maximum Gasteiger partial charge on any atom is 0.263 e. The molecule has 0 aliphatic rings. The minimum absolute atomic E-state index is 0.141. The molecule has 0 saturated carbocycles. The summed E-state index contributed by atoms with van der Waals surface area (Å²) < 4.78 is 1.75. The molecule has 38 heavy (non-hydrogen) atoms. The van der Waals surface area contributed by atoms with Crippen molar-refractivity contribution in [3.63, 3.8) is 0 Å². The highest BCUT2D eigenvalue weighted by Crippen LogP contribution is 2.32. The molecule has 0 bridgehead atoms. The fourth-order valence-corrected chi connectivity index (χ4v) is 5.28. The van der Waals surface area contributed by atoms with Gasteiger partial charge in [0.25, 0.3) is 5.56 Å². The van der Waals surface area contributed by atoms with Crippen molar-refractivity contribution < 1.29 is 0 Å². The molecular formula is C28H19N7OS2. The minimum atomic E-state index is -0.280. The summed E-state index contributed by atoms with van der Waals surface area (Å²) in [4.78, 5) is 36.6. The second kappa shape index (κ2) is 10.0. The number of hydrogen-bond donors (Lipinski definition) is 1. The van der Waals surface area contributed by atoms with Crippen molar-refractivity contribution in [2.24, 2.45) is 4.99 Å². The largest absolute Gasteiger partial charge is 0.360 e. The van der Waals surface area contributed by atoms with Crippen LogP contribution >= 0.6 is 23.6 Å². The molecule has 4 heterocycles. The predicted molar refractivity (Wildman–Crippen MR) is 155 cm³/mol. The molecule has 0 saturated heterocycles. The number of anilines is 1. The summed E-state index contributed by atoms with van der Waals surface area (Å²) in [5.41, 5.74) is 5.95. The molecule has 4 aromatic heterocycles. The van der Waals surface area contributed by atoms with Gasteiger partial charge in [0, 0.05) is 23.1 Å². The molecule has 6 aromatic rings. The van der Waals surface area contributed by atoms with Gasteiger partial charge in [0.05, 0.1) is 34.0 Å². The molecule has 184 valence electrons. The first-order valence-electron chi connectivity index (χ1n) is 11.7. The first-order valence-corrected chi connectivity index (χ1v) is 13.0. The van der Waals surface area contributed by atoms with Gasteiger partial charge in [-0.05, 0) is 54.4 Å². The number of nitrogens with zero attached hydrogens (tertiary/aromatic N) is 6. The highest BCUT2D eigenvalue weighted by Gasteiger charge is 2.20. The summed E-state index contributed by atoms with van der Waals surface area (Å²) >= 11 is 6.21. The predicted octanol–water partition coefficient (Wildman–Crippen LogP) is 6.36. The summed E-state index contributed by atoms with van der Waals surface area (Å²) in [5.74, 6) is 0.617. The van der Waals surface area contributed by atoms with Crippen molar-refractivity contribution in [1.29, 1.82) is 0 Å². The van der Waals surface area contributed by atoms with Crippen LogP contribution in [-0.2, 0) is 0 Å². The van der Waals surface area contributed by atoms with Crippen LogP contribution in [0.3, 0.4) is 0 Å². The van der Waals surface area contributed by atoms with E-state index in [1.54, 1.807) is 22.5 Å². The number of hydrogen-bond acceptors (Lipinski definition) is 9. The zero-order valence-corrected chi connectivity index (χ0v) is 21.7. The van der Waals surface area contributed by atoms with Gasteiger partial charge in [0.15, 0.2) is 5.82 Å². The van der Waals surface area contributed by atoms with Crippen molar-refractivity contribution in [3.05, 3.63) is 101 Å². The Kier molecular flexibility index (Phi) is 6.27. The Balaban J connectivity index is 1.57. The van der Waals surface area contributed by atoms with Crippen LogP contribution in [0.25, 0.3) is 37.9 Å². The number of para-hydroxylation sites is 1. The Morgan fingerprint density at radius 3 is 2.76 bits per heavy atom. The van der Waals surface area contributed by atoms with Crippen molar-refractivity contribution in [2.75, 3.05) is 5.32 Å². The summed E-state index contributed by atoms with van der Waals surface area (Å²) in [5, 5.41) is 7.22.